The molecule has 6 nitrogen and oxygen atoms in total. The molecule has 0 saturated carbocycles. The van der Waals surface area contributed by atoms with E-state index in [1.54, 1.807) is 6.92 Å². The Morgan fingerprint density at radius 3 is 2.64 bits per heavy atom. The minimum Gasteiger partial charge on any atom is -0.459 e. The monoisotopic (exact) mass is 224 g/mol. The van der Waals surface area contributed by atoms with Gasteiger partial charge in [-0.05, 0) is 6.92 Å². The SMILES string of the molecule is C=CC(=O)OC(C)CCOS(=O)(=O)O. The Balaban J connectivity index is 3.70. The number of esters is 1. The Morgan fingerprint density at radius 2 is 2.21 bits per heavy atom. The summed E-state index contributed by atoms with van der Waals surface area (Å²) in [7, 11) is -4.41. The van der Waals surface area contributed by atoms with Gasteiger partial charge in [-0.3, -0.25) is 4.55 Å². The molecule has 1 N–H and O–H groups in total. The summed E-state index contributed by atoms with van der Waals surface area (Å²) in [5.41, 5.74) is 0. The first-order valence-corrected chi connectivity index (χ1v) is 5.16. The normalized spacial score (nSPS) is 13.3. The van der Waals surface area contributed by atoms with Crippen LogP contribution >= 0.6 is 0 Å². The van der Waals surface area contributed by atoms with Crippen molar-refractivity contribution in [2.75, 3.05) is 6.61 Å². The van der Waals surface area contributed by atoms with Gasteiger partial charge in [-0.25, -0.2) is 8.98 Å². The average molecular weight is 224 g/mol. The molecule has 1 atom stereocenters. The molecule has 0 radical (unpaired) electrons. The van der Waals surface area contributed by atoms with Crippen molar-refractivity contribution < 1.29 is 26.7 Å². The molecule has 0 fully saturated rings. The third-order valence-electron chi connectivity index (χ3n) is 1.24. The van der Waals surface area contributed by atoms with Gasteiger partial charge in [0.2, 0.25) is 0 Å². The molecular formula is C7H12O6S. The Labute approximate surface area is 82.5 Å². The van der Waals surface area contributed by atoms with Crippen molar-refractivity contribution in [3.63, 3.8) is 0 Å². The molecule has 82 valence electrons. The van der Waals surface area contributed by atoms with Crippen LogP contribution in [0.25, 0.3) is 0 Å². The van der Waals surface area contributed by atoms with Crippen LogP contribution in [0.5, 0.6) is 0 Å². The van der Waals surface area contributed by atoms with Crippen molar-refractivity contribution >= 4 is 16.4 Å². The third kappa shape index (κ3) is 7.71. The minimum absolute atomic E-state index is 0.166. The Kier molecular flexibility index (Phi) is 5.36. The van der Waals surface area contributed by atoms with Crippen LogP contribution in [0.4, 0.5) is 0 Å². The second-order valence-corrected chi connectivity index (χ2v) is 3.58. The summed E-state index contributed by atoms with van der Waals surface area (Å²) >= 11 is 0. The summed E-state index contributed by atoms with van der Waals surface area (Å²) in [5, 5.41) is 0. The number of hydrogen-bond acceptors (Lipinski definition) is 5. The highest BCUT2D eigenvalue weighted by Crippen LogP contribution is 2.00. The third-order valence-corrected chi connectivity index (χ3v) is 1.71. The van der Waals surface area contributed by atoms with E-state index in [1.807, 2.05) is 0 Å². The molecule has 0 saturated heterocycles. The first-order chi connectivity index (χ1) is 6.35. The van der Waals surface area contributed by atoms with Crippen molar-refractivity contribution in [2.24, 2.45) is 0 Å². The highest BCUT2D eigenvalue weighted by Gasteiger charge is 2.09. The van der Waals surface area contributed by atoms with E-state index in [4.69, 9.17) is 9.29 Å². The van der Waals surface area contributed by atoms with Gasteiger partial charge in [0.05, 0.1) is 6.61 Å². The van der Waals surface area contributed by atoms with Gasteiger partial charge < -0.3 is 4.74 Å². The molecular weight excluding hydrogens is 212 g/mol. The van der Waals surface area contributed by atoms with Crippen LogP contribution in [0.2, 0.25) is 0 Å². The maximum atomic E-state index is 10.6. The van der Waals surface area contributed by atoms with Crippen molar-refractivity contribution in [1.82, 2.24) is 0 Å². The summed E-state index contributed by atoms with van der Waals surface area (Å²) in [5.74, 6) is -0.593. The van der Waals surface area contributed by atoms with Gasteiger partial charge in [0.15, 0.2) is 0 Å². The fourth-order valence-electron chi connectivity index (χ4n) is 0.625. The fourth-order valence-corrected chi connectivity index (χ4v) is 0.932. The predicted molar refractivity (Wildman–Crippen MR) is 47.9 cm³/mol. The Morgan fingerprint density at radius 1 is 1.64 bits per heavy atom. The molecule has 0 spiro atoms. The van der Waals surface area contributed by atoms with Gasteiger partial charge in [-0.2, -0.15) is 8.42 Å². The van der Waals surface area contributed by atoms with Crippen LogP contribution in [0, 0.1) is 0 Å². The van der Waals surface area contributed by atoms with Gasteiger partial charge in [0, 0.05) is 12.5 Å². The first kappa shape index (κ1) is 13.1. The van der Waals surface area contributed by atoms with Crippen LogP contribution in [-0.2, 0) is 24.1 Å². The molecule has 0 aliphatic rings. The van der Waals surface area contributed by atoms with Gasteiger partial charge in [-0.1, -0.05) is 6.58 Å². The maximum Gasteiger partial charge on any atom is 0.397 e. The zero-order valence-corrected chi connectivity index (χ0v) is 8.49. The highest BCUT2D eigenvalue weighted by molar-refractivity contribution is 7.80. The van der Waals surface area contributed by atoms with E-state index in [-0.39, 0.29) is 13.0 Å². The second kappa shape index (κ2) is 5.74. The second-order valence-electron chi connectivity index (χ2n) is 2.49. The molecule has 0 rings (SSSR count). The quantitative estimate of drug-likeness (QED) is 0.397. The van der Waals surface area contributed by atoms with E-state index >= 15 is 0 Å². The van der Waals surface area contributed by atoms with Gasteiger partial charge in [0.1, 0.15) is 6.10 Å². The fraction of sp³-hybridized carbons (Fsp3) is 0.571. The molecule has 0 bridgehead atoms. The van der Waals surface area contributed by atoms with E-state index in [2.05, 4.69) is 10.8 Å². The maximum absolute atomic E-state index is 10.6. The summed E-state index contributed by atoms with van der Waals surface area (Å²) < 4.78 is 37.1. The standard InChI is InChI=1S/C7H12O6S/c1-3-7(8)13-6(2)4-5-12-14(9,10)11/h3,6H,1,4-5H2,2H3,(H,9,10,11). The van der Waals surface area contributed by atoms with E-state index < -0.39 is 22.5 Å². The largest absolute Gasteiger partial charge is 0.459 e. The smallest absolute Gasteiger partial charge is 0.397 e. The number of hydrogen-bond donors (Lipinski definition) is 1. The zero-order valence-electron chi connectivity index (χ0n) is 7.67. The van der Waals surface area contributed by atoms with Crippen molar-refractivity contribution in [3.05, 3.63) is 12.7 Å². The van der Waals surface area contributed by atoms with Gasteiger partial charge >= 0.3 is 16.4 Å². The highest BCUT2D eigenvalue weighted by atomic mass is 32.3. The van der Waals surface area contributed by atoms with Crippen LogP contribution in [0.1, 0.15) is 13.3 Å². The molecule has 0 amide bonds. The predicted octanol–water partition coefficient (Wildman–Crippen LogP) is 0.314. The van der Waals surface area contributed by atoms with Crippen molar-refractivity contribution in [1.29, 1.82) is 0 Å². The van der Waals surface area contributed by atoms with E-state index in [9.17, 15) is 13.2 Å². The number of carbonyl (C=O) groups is 1. The summed E-state index contributed by atoms with van der Waals surface area (Å²) in [4.78, 5) is 10.6. The van der Waals surface area contributed by atoms with Crippen molar-refractivity contribution in [3.8, 4) is 0 Å². The first-order valence-electron chi connectivity index (χ1n) is 3.80. The van der Waals surface area contributed by atoms with E-state index in [0.29, 0.717) is 0 Å². The summed E-state index contributed by atoms with van der Waals surface area (Å²) in [6, 6.07) is 0. The van der Waals surface area contributed by atoms with Crippen LogP contribution in [0.15, 0.2) is 12.7 Å². The lowest BCUT2D eigenvalue weighted by molar-refractivity contribution is -0.142. The molecule has 7 heteroatoms. The number of ether oxygens (including phenoxy) is 1. The molecule has 0 heterocycles. The number of carbonyl (C=O) groups excluding carboxylic acids is 1. The minimum atomic E-state index is -4.41. The van der Waals surface area contributed by atoms with Crippen LogP contribution in [0.3, 0.4) is 0 Å². The Bertz CT molecular complexity index is 293. The average Bonchev–Trinajstić information content (AvgIpc) is 2.01. The lowest BCUT2D eigenvalue weighted by atomic mass is 10.3. The molecule has 0 aliphatic carbocycles. The molecule has 0 aliphatic heterocycles. The number of rotatable bonds is 6. The molecule has 0 aromatic rings. The van der Waals surface area contributed by atoms with E-state index in [1.165, 1.54) is 0 Å². The Hall–Kier alpha value is -0.920. The van der Waals surface area contributed by atoms with Gasteiger partial charge in [0.25, 0.3) is 0 Å². The zero-order chi connectivity index (χ0) is 11.2. The summed E-state index contributed by atoms with van der Waals surface area (Å²) in [6.07, 6.45) is 0.668. The topological polar surface area (TPSA) is 89.9 Å². The molecule has 1 unspecified atom stereocenters. The molecule has 0 aromatic carbocycles. The van der Waals surface area contributed by atoms with Gasteiger partial charge in [-0.15, -0.1) is 0 Å². The van der Waals surface area contributed by atoms with Crippen LogP contribution in [-0.4, -0.2) is 31.7 Å². The molecule has 14 heavy (non-hydrogen) atoms. The van der Waals surface area contributed by atoms with Crippen LogP contribution < -0.4 is 0 Å². The molecule has 0 aromatic heterocycles. The van der Waals surface area contributed by atoms with E-state index in [0.717, 1.165) is 6.08 Å². The van der Waals surface area contributed by atoms with Crippen molar-refractivity contribution in [2.45, 2.75) is 19.4 Å². The lowest BCUT2D eigenvalue weighted by Gasteiger charge is -2.10. The summed E-state index contributed by atoms with van der Waals surface area (Å²) in [6.45, 7) is 4.51. The lowest BCUT2D eigenvalue weighted by Crippen LogP contribution is -2.16.